The lowest BCUT2D eigenvalue weighted by atomic mass is 10.0. The summed E-state index contributed by atoms with van der Waals surface area (Å²) in [7, 11) is 2.85. The number of rotatable bonds is 12. The molecule has 0 fully saturated rings. The quantitative estimate of drug-likeness (QED) is 0.0376. The van der Waals surface area contributed by atoms with Gasteiger partial charge in [-0.25, -0.2) is 4.39 Å². The molecule has 8 nitrogen and oxygen atoms in total. The summed E-state index contributed by atoms with van der Waals surface area (Å²) in [5.74, 6) is -1.08. The lowest BCUT2D eigenvalue weighted by Crippen LogP contribution is -2.09. The molecule has 0 saturated carbocycles. The van der Waals surface area contributed by atoms with E-state index < -0.39 is 28.7 Å². The fraction of sp³-hybridized carbons (Fsp3) is 0.122. The molecule has 0 aromatic heterocycles. The Balaban J connectivity index is 1.28. The number of aromatic hydroxyl groups is 1. The molecule has 0 spiro atoms. The van der Waals surface area contributed by atoms with Gasteiger partial charge in [-0.05, 0) is 142 Å². The number of esters is 1. The van der Waals surface area contributed by atoms with Gasteiger partial charge in [-0.3, -0.25) is 9.59 Å². The van der Waals surface area contributed by atoms with Gasteiger partial charge in [0.1, 0.15) is 17.8 Å². The molecule has 1 unspecified atom stereocenters. The number of carbonyl (C=O) groups excluding carboxylic acids is 2. The van der Waals surface area contributed by atoms with E-state index in [1.807, 2.05) is 25.1 Å². The maximum atomic E-state index is 14.4. The van der Waals surface area contributed by atoms with Crippen LogP contribution in [-0.2, 0) is 20.8 Å². The first-order valence-electron chi connectivity index (χ1n) is 15.7. The number of hydrogen-bond acceptors (Lipinski definition) is 8. The summed E-state index contributed by atoms with van der Waals surface area (Å²) in [4.78, 5) is 26.4. The molecule has 51 heavy (non-hydrogen) atoms. The molecule has 0 heterocycles. The minimum atomic E-state index is -1.10. The summed E-state index contributed by atoms with van der Waals surface area (Å²) in [5.41, 5.74) is 5.78. The Morgan fingerprint density at radius 1 is 0.824 bits per heavy atom. The van der Waals surface area contributed by atoms with E-state index >= 15 is 0 Å². The minimum Gasteiger partial charge on any atom is -0.612 e. The van der Waals surface area contributed by atoms with Crippen molar-refractivity contribution in [2.24, 2.45) is 0 Å². The zero-order chi connectivity index (χ0) is 36.7. The van der Waals surface area contributed by atoms with Crippen LogP contribution in [0.15, 0.2) is 113 Å². The fourth-order valence-electron chi connectivity index (χ4n) is 5.48. The number of aliphatic hydroxyl groups excluding tert-OH is 1. The van der Waals surface area contributed by atoms with Gasteiger partial charge in [-0.15, -0.1) is 0 Å². The van der Waals surface area contributed by atoms with Crippen LogP contribution in [0.2, 0.25) is 0 Å². The van der Waals surface area contributed by atoms with Crippen molar-refractivity contribution >= 4 is 52.3 Å². The standard InChI is InChI=1S/C41H35FO8S/c1-25-34(19-26-7-14-32(15-8-26)51(4)47)33-16-11-29(42)22-36(33)35(25)24-41(46)50-38-18-10-28(21-40(38)49-3)6-13-31(44)23-30(43)12-5-27-9-17-37(45)39(20-27)48-2/h5-23,43,45H,24H2,1-4H3/b12-5+,13-6+,30-23-,34-19-. The average molecular weight is 707 g/mol. The lowest BCUT2D eigenvalue weighted by Gasteiger charge is -2.11. The van der Waals surface area contributed by atoms with Gasteiger partial charge in [-0.1, -0.05) is 30.4 Å². The van der Waals surface area contributed by atoms with Gasteiger partial charge in [0.05, 0.1) is 20.6 Å². The van der Waals surface area contributed by atoms with Crippen LogP contribution in [0.4, 0.5) is 4.39 Å². The maximum absolute atomic E-state index is 14.4. The Labute approximate surface area is 298 Å². The van der Waals surface area contributed by atoms with Gasteiger partial charge in [0.25, 0.3) is 0 Å². The summed E-state index contributed by atoms with van der Waals surface area (Å²) in [6.45, 7) is 1.88. The number of ether oxygens (including phenoxy) is 3. The molecule has 5 rings (SSSR count). The molecule has 10 heteroatoms. The zero-order valence-corrected chi connectivity index (χ0v) is 29.1. The minimum absolute atomic E-state index is 0.0161. The smallest absolute Gasteiger partial charge is 0.315 e. The van der Waals surface area contributed by atoms with Crippen LogP contribution in [0.25, 0.3) is 29.4 Å². The SMILES string of the molecule is COc1cc(/C=C/C(O)=C/C(=O)/C=C/c2ccc(OC(=O)CC3=C(C)/C(=C/c4ccc([S+](C)[O-])cc4)c4ccc(F)cc43)c(OC)c2)ccc1O. The van der Waals surface area contributed by atoms with Crippen LogP contribution in [0, 0.1) is 5.82 Å². The second-order valence-electron chi connectivity index (χ2n) is 11.5. The number of ketones is 1. The van der Waals surface area contributed by atoms with E-state index in [2.05, 4.69) is 0 Å². The fourth-order valence-corrected chi connectivity index (χ4v) is 6.00. The Morgan fingerprint density at radius 3 is 2.16 bits per heavy atom. The first-order valence-corrected chi connectivity index (χ1v) is 17.2. The monoisotopic (exact) mass is 706 g/mol. The highest BCUT2D eigenvalue weighted by Gasteiger charge is 2.27. The number of phenols is 1. The van der Waals surface area contributed by atoms with Gasteiger partial charge in [0.2, 0.25) is 0 Å². The van der Waals surface area contributed by atoms with E-state index in [0.717, 1.165) is 28.3 Å². The number of carbonyl (C=O) groups is 2. The molecule has 1 aliphatic rings. The van der Waals surface area contributed by atoms with Crippen molar-refractivity contribution in [2.45, 2.75) is 18.2 Å². The molecule has 4 aromatic carbocycles. The summed E-state index contributed by atoms with van der Waals surface area (Å²) in [6.07, 6.45) is 10.2. The molecule has 260 valence electrons. The summed E-state index contributed by atoms with van der Waals surface area (Å²) in [6, 6.07) is 21.3. The topological polar surface area (TPSA) is 125 Å². The molecule has 0 saturated heterocycles. The highest BCUT2D eigenvalue weighted by molar-refractivity contribution is 7.90. The number of aliphatic hydroxyl groups is 1. The molecule has 1 aliphatic carbocycles. The molecular weight excluding hydrogens is 672 g/mol. The van der Waals surface area contributed by atoms with E-state index in [0.29, 0.717) is 27.2 Å². The molecule has 2 N–H and O–H groups in total. The van der Waals surface area contributed by atoms with Gasteiger partial charge < -0.3 is 29.0 Å². The number of halogens is 1. The van der Waals surface area contributed by atoms with Crippen LogP contribution < -0.4 is 14.2 Å². The predicted octanol–water partition coefficient (Wildman–Crippen LogP) is 8.35. The maximum Gasteiger partial charge on any atom is 0.315 e. The predicted molar refractivity (Wildman–Crippen MR) is 197 cm³/mol. The van der Waals surface area contributed by atoms with Crippen molar-refractivity contribution < 1.29 is 43.0 Å². The van der Waals surface area contributed by atoms with Crippen molar-refractivity contribution in [3.63, 3.8) is 0 Å². The molecular formula is C41H35FO8S. The van der Waals surface area contributed by atoms with Crippen molar-refractivity contribution in [3.8, 4) is 23.0 Å². The van der Waals surface area contributed by atoms with Crippen LogP contribution in [-0.4, -0.2) is 47.0 Å². The first-order chi connectivity index (χ1) is 24.4. The third kappa shape index (κ3) is 9.04. The summed E-state index contributed by atoms with van der Waals surface area (Å²) < 4.78 is 42.4. The number of benzene rings is 4. The zero-order valence-electron chi connectivity index (χ0n) is 28.3. The van der Waals surface area contributed by atoms with Crippen LogP contribution in [0.1, 0.15) is 41.2 Å². The molecule has 0 bridgehead atoms. The van der Waals surface area contributed by atoms with Gasteiger partial charge >= 0.3 is 5.97 Å². The van der Waals surface area contributed by atoms with E-state index in [1.54, 1.807) is 60.9 Å². The summed E-state index contributed by atoms with van der Waals surface area (Å²) >= 11 is -1.10. The highest BCUT2D eigenvalue weighted by Crippen LogP contribution is 2.44. The lowest BCUT2D eigenvalue weighted by molar-refractivity contribution is -0.133. The van der Waals surface area contributed by atoms with Crippen molar-refractivity contribution in [1.29, 1.82) is 0 Å². The van der Waals surface area contributed by atoms with Gasteiger partial charge in [0, 0.05) is 6.08 Å². The van der Waals surface area contributed by atoms with Crippen molar-refractivity contribution in [3.05, 3.63) is 142 Å². The third-order valence-corrected chi connectivity index (χ3v) is 9.03. The Bertz CT molecular complexity index is 2120. The Hall–Kier alpha value is -5.84. The Kier molecular flexibility index (Phi) is 11.6. The second kappa shape index (κ2) is 16.2. The largest absolute Gasteiger partial charge is 0.612 e. The Morgan fingerprint density at radius 2 is 1.47 bits per heavy atom. The molecule has 4 aromatic rings. The number of hydrogen-bond donors (Lipinski definition) is 2. The van der Waals surface area contributed by atoms with Crippen LogP contribution in [0.5, 0.6) is 23.0 Å². The second-order valence-corrected chi connectivity index (χ2v) is 12.9. The van der Waals surface area contributed by atoms with E-state index in [1.165, 1.54) is 50.6 Å². The molecule has 0 aliphatic heterocycles. The number of allylic oxidation sites excluding steroid dienone is 5. The van der Waals surface area contributed by atoms with E-state index in [9.17, 15) is 28.7 Å². The molecule has 1 atom stereocenters. The van der Waals surface area contributed by atoms with Gasteiger partial charge in [-0.2, -0.15) is 0 Å². The molecule has 0 amide bonds. The van der Waals surface area contributed by atoms with Crippen LogP contribution in [0.3, 0.4) is 0 Å². The highest BCUT2D eigenvalue weighted by atomic mass is 32.2. The first kappa shape index (κ1) is 36.4. The van der Waals surface area contributed by atoms with Crippen molar-refractivity contribution in [1.82, 2.24) is 0 Å². The van der Waals surface area contributed by atoms with E-state index in [-0.39, 0.29) is 35.2 Å². The van der Waals surface area contributed by atoms with Crippen LogP contribution >= 0.6 is 0 Å². The van der Waals surface area contributed by atoms with Crippen molar-refractivity contribution in [2.75, 3.05) is 20.5 Å². The van der Waals surface area contributed by atoms with E-state index in [4.69, 9.17) is 14.2 Å². The normalized spacial score (nSPS) is 14.3. The number of phenolic OH excluding ortho intramolecular Hbond substituents is 1. The molecule has 0 radical (unpaired) electrons. The third-order valence-electron chi connectivity index (χ3n) is 8.09. The number of methoxy groups -OCH3 is 2. The summed E-state index contributed by atoms with van der Waals surface area (Å²) in [5, 5.41) is 19.9. The number of fused-ring (bicyclic) bond motifs is 1. The van der Waals surface area contributed by atoms with Gasteiger partial charge in [0.15, 0.2) is 33.7 Å². The average Bonchev–Trinajstić information content (AvgIpc) is 3.35.